The molecular weight excluding hydrogens is 302 g/mol. The van der Waals surface area contributed by atoms with Crippen molar-refractivity contribution in [2.45, 2.75) is 13.8 Å². The van der Waals surface area contributed by atoms with E-state index in [1.165, 1.54) is 6.20 Å². The van der Waals surface area contributed by atoms with Crippen LogP contribution in [0.25, 0.3) is 0 Å². The largest absolute Gasteiger partial charge is 0.497 e. The number of anilines is 2. The van der Waals surface area contributed by atoms with Crippen LogP contribution in [0.5, 0.6) is 5.75 Å². The first-order chi connectivity index (χ1) is 11.5. The first-order valence-corrected chi connectivity index (χ1v) is 7.43. The van der Waals surface area contributed by atoms with Gasteiger partial charge in [-0.05, 0) is 49.7 Å². The van der Waals surface area contributed by atoms with E-state index in [0.29, 0.717) is 5.69 Å². The minimum atomic E-state index is -0.453. The zero-order chi connectivity index (χ0) is 17.5. The molecule has 122 valence electrons. The highest BCUT2D eigenvalue weighted by atomic mass is 16.5. The molecule has 5 nitrogen and oxygen atoms in total. The van der Waals surface area contributed by atoms with E-state index in [2.05, 4.69) is 10.6 Å². The number of nitriles is 1. The van der Waals surface area contributed by atoms with Gasteiger partial charge in [-0.3, -0.25) is 4.79 Å². The van der Waals surface area contributed by atoms with Crippen LogP contribution in [0, 0.1) is 25.2 Å². The molecule has 0 aliphatic rings. The van der Waals surface area contributed by atoms with E-state index >= 15 is 0 Å². The van der Waals surface area contributed by atoms with Gasteiger partial charge in [0.05, 0.1) is 7.11 Å². The van der Waals surface area contributed by atoms with E-state index in [9.17, 15) is 10.1 Å². The average Bonchev–Trinajstić information content (AvgIpc) is 2.58. The number of ether oxygens (including phenoxy) is 1. The fourth-order valence-corrected chi connectivity index (χ4v) is 2.13. The molecule has 2 aromatic carbocycles. The number of nitrogens with one attached hydrogen (secondary N) is 2. The van der Waals surface area contributed by atoms with Crippen LogP contribution in [-0.4, -0.2) is 13.0 Å². The van der Waals surface area contributed by atoms with Crippen LogP contribution < -0.4 is 15.4 Å². The van der Waals surface area contributed by atoms with Gasteiger partial charge in [0, 0.05) is 17.6 Å². The topological polar surface area (TPSA) is 74.1 Å². The van der Waals surface area contributed by atoms with Crippen molar-refractivity contribution in [3.63, 3.8) is 0 Å². The SMILES string of the molecule is COc1ccc(N/C=C(/C#N)C(=O)Nc2ccc(C)cc2C)cc1. The lowest BCUT2D eigenvalue weighted by molar-refractivity contribution is -0.112. The number of amides is 1. The zero-order valence-electron chi connectivity index (χ0n) is 13.9. The fourth-order valence-electron chi connectivity index (χ4n) is 2.13. The lowest BCUT2D eigenvalue weighted by atomic mass is 10.1. The van der Waals surface area contributed by atoms with Crippen molar-refractivity contribution < 1.29 is 9.53 Å². The van der Waals surface area contributed by atoms with Crippen molar-refractivity contribution in [2.24, 2.45) is 0 Å². The number of rotatable bonds is 5. The quantitative estimate of drug-likeness (QED) is 0.649. The first kappa shape index (κ1) is 17.1. The summed E-state index contributed by atoms with van der Waals surface area (Å²) in [5, 5.41) is 14.9. The molecule has 0 atom stereocenters. The normalized spacial score (nSPS) is 10.7. The average molecular weight is 321 g/mol. The molecule has 0 aromatic heterocycles. The highest BCUT2D eigenvalue weighted by molar-refractivity contribution is 6.07. The van der Waals surface area contributed by atoms with E-state index < -0.39 is 5.91 Å². The molecule has 0 radical (unpaired) electrons. The second-order valence-electron chi connectivity index (χ2n) is 5.32. The highest BCUT2D eigenvalue weighted by Crippen LogP contribution is 2.18. The second-order valence-corrected chi connectivity index (χ2v) is 5.32. The predicted octanol–water partition coefficient (Wildman–Crippen LogP) is 3.77. The summed E-state index contributed by atoms with van der Waals surface area (Å²) in [6.45, 7) is 3.89. The molecule has 0 bridgehead atoms. The van der Waals surface area contributed by atoms with E-state index in [1.54, 1.807) is 31.4 Å². The summed E-state index contributed by atoms with van der Waals surface area (Å²) in [5.74, 6) is 0.281. The minimum Gasteiger partial charge on any atom is -0.497 e. The Labute approximate surface area is 141 Å². The van der Waals surface area contributed by atoms with E-state index in [0.717, 1.165) is 22.6 Å². The van der Waals surface area contributed by atoms with Gasteiger partial charge in [-0.1, -0.05) is 17.7 Å². The number of benzene rings is 2. The molecule has 0 fully saturated rings. The zero-order valence-corrected chi connectivity index (χ0v) is 13.9. The van der Waals surface area contributed by atoms with Crippen LogP contribution in [0.4, 0.5) is 11.4 Å². The smallest absolute Gasteiger partial charge is 0.267 e. The Morgan fingerprint density at radius 3 is 2.46 bits per heavy atom. The third-order valence-electron chi connectivity index (χ3n) is 3.47. The molecule has 0 aliphatic heterocycles. The number of methoxy groups -OCH3 is 1. The lowest BCUT2D eigenvalue weighted by Gasteiger charge is -2.09. The maximum atomic E-state index is 12.2. The van der Waals surface area contributed by atoms with Gasteiger partial charge in [0.1, 0.15) is 17.4 Å². The van der Waals surface area contributed by atoms with Crippen LogP contribution in [0.1, 0.15) is 11.1 Å². The van der Waals surface area contributed by atoms with Gasteiger partial charge in [0.15, 0.2) is 0 Å². The molecule has 24 heavy (non-hydrogen) atoms. The van der Waals surface area contributed by atoms with Gasteiger partial charge in [-0.2, -0.15) is 5.26 Å². The highest BCUT2D eigenvalue weighted by Gasteiger charge is 2.10. The Kier molecular flexibility index (Phi) is 5.58. The Bertz CT molecular complexity index is 802. The van der Waals surface area contributed by atoms with Crippen LogP contribution in [0.3, 0.4) is 0 Å². The molecule has 5 heteroatoms. The summed E-state index contributed by atoms with van der Waals surface area (Å²) in [5.41, 5.74) is 3.50. The molecule has 2 aromatic rings. The van der Waals surface area contributed by atoms with E-state index in [4.69, 9.17) is 4.74 Å². The fraction of sp³-hybridized carbons (Fsp3) is 0.158. The summed E-state index contributed by atoms with van der Waals surface area (Å²) >= 11 is 0. The van der Waals surface area contributed by atoms with Gasteiger partial charge >= 0.3 is 0 Å². The number of carbonyl (C=O) groups is 1. The minimum absolute atomic E-state index is 0.00852. The summed E-state index contributed by atoms with van der Waals surface area (Å²) in [7, 11) is 1.59. The number of hydrogen-bond acceptors (Lipinski definition) is 4. The molecular formula is C19H19N3O2. The van der Waals surface area contributed by atoms with Crippen LogP contribution >= 0.6 is 0 Å². The Morgan fingerprint density at radius 2 is 1.88 bits per heavy atom. The standard InChI is InChI=1S/C19H19N3O2/c1-13-4-9-18(14(2)10-13)22-19(23)15(11-20)12-21-16-5-7-17(24-3)8-6-16/h4-10,12,21H,1-3H3,(H,22,23)/b15-12-. The number of hydrogen-bond donors (Lipinski definition) is 2. The Morgan fingerprint density at radius 1 is 1.17 bits per heavy atom. The van der Waals surface area contributed by atoms with Crippen molar-refractivity contribution in [2.75, 3.05) is 17.7 Å². The van der Waals surface area contributed by atoms with Crippen LogP contribution in [0.2, 0.25) is 0 Å². The number of carbonyl (C=O) groups excluding carboxylic acids is 1. The molecule has 2 rings (SSSR count). The lowest BCUT2D eigenvalue weighted by Crippen LogP contribution is -2.15. The van der Waals surface area contributed by atoms with Gasteiger partial charge < -0.3 is 15.4 Å². The van der Waals surface area contributed by atoms with Gasteiger partial charge in [-0.15, -0.1) is 0 Å². The molecule has 1 amide bonds. The third kappa shape index (κ3) is 4.37. The van der Waals surface area contributed by atoms with Crippen molar-refractivity contribution in [1.82, 2.24) is 0 Å². The van der Waals surface area contributed by atoms with Crippen molar-refractivity contribution in [1.29, 1.82) is 5.26 Å². The first-order valence-electron chi connectivity index (χ1n) is 7.43. The summed E-state index contributed by atoms with van der Waals surface area (Å²) in [6.07, 6.45) is 1.39. The van der Waals surface area contributed by atoms with Crippen LogP contribution in [0.15, 0.2) is 54.2 Å². The van der Waals surface area contributed by atoms with Gasteiger partial charge in [0.25, 0.3) is 5.91 Å². The molecule has 0 aliphatic carbocycles. The van der Waals surface area contributed by atoms with Crippen molar-refractivity contribution in [3.8, 4) is 11.8 Å². The number of nitrogens with zero attached hydrogens (tertiary/aromatic N) is 1. The van der Waals surface area contributed by atoms with E-state index in [-0.39, 0.29) is 5.57 Å². The van der Waals surface area contributed by atoms with E-state index in [1.807, 2.05) is 38.1 Å². The van der Waals surface area contributed by atoms with Crippen molar-refractivity contribution in [3.05, 3.63) is 65.4 Å². The maximum absolute atomic E-state index is 12.2. The van der Waals surface area contributed by atoms with Crippen molar-refractivity contribution >= 4 is 17.3 Å². The molecule has 2 N–H and O–H groups in total. The monoisotopic (exact) mass is 321 g/mol. The Balaban J connectivity index is 2.08. The third-order valence-corrected chi connectivity index (χ3v) is 3.47. The molecule has 0 unspecified atom stereocenters. The molecule has 0 heterocycles. The molecule has 0 saturated heterocycles. The Hall–Kier alpha value is -3.26. The predicted molar refractivity (Wildman–Crippen MR) is 94.9 cm³/mol. The molecule has 0 saturated carbocycles. The second kappa shape index (κ2) is 7.84. The molecule has 0 spiro atoms. The maximum Gasteiger partial charge on any atom is 0.267 e. The summed E-state index contributed by atoms with van der Waals surface area (Å²) in [6, 6.07) is 14.8. The summed E-state index contributed by atoms with van der Waals surface area (Å²) < 4.78 is 5.08. The van der Waals surface area contributed by atoms with Crippen LogP contribution in [-0.2, 0) is 4.79 Å². The van der Waals surface area contributed by atoms with Gasteiger partial charge in [-0.25, -0.2) is 0 Å². The number of aryl methyl sites for hydroxylation is 2. The van der Waals surface area contributed by atoms with Gasteiger partial charge in [0.2, 0.25) is 0 Å². The summed E-state index contributed by atoms with van der Waals surface area (Å²) in [4.78, 5) is 12.2.